The molecule has 6 atom stereocenters. The predicted octanol–water partition coefficient (Wildman–Crippen LogP) is 1.08. The highest BCUT2D eigenvalue weighted by molar-refractivity contribution is 5.95. The van der Waals surface area contributed by atoms with Crippen LogP contribution in [0.2, 0.25) is 0 Å². The van der Waals surface area contributed by atoms with Crippen molar-refractivity contribution in [3.8, 4) is 5.75 Å². The summed E-state index contributed by atoms with van der Waals surface area (Å²) in [5, 5.41) is 15.9. The number of nitrogens with one attached hydrogen (secondary N) is 2. The van der Waals surface area contributed by atoms with Gasteiger partial charge in [-0.3, -0.25) is 19.4 Å². The van der Waals surface area contributed by atoms with Crippen LogP contribution >= 0.6 is 0 Å². The minimum Gasteiger partial charge on any atom is -0.497 e. The number of carbonyl (C=O) groups is 3. The minimum absolute atomic E-state index is 0.166. The zero-order valence-electron chi connectivity index (χ0n) is 20.5. The fraction of sp³-hybridized carbons (Fsp3) is 0.615. The second-order valence-electron chi connectivity index (χ2n) is 9.93. The second kappa shape index (κ2) is 10.4. The van der Waals surface area contributed by atoms with Crippen molar-refractivity contribution in [2.45, 2.75) is 69.1 Å². The third kappa shape index (κ3) is 4.78. The summed E-state index contributed by atoms with van der Waals surface area (Å²) in [6, 6.07) is 5.61. The molecule has 9 heteroatoms. The van der Waals surface area contributed by atoms with E-state index in [1.807, 2.05) is 31.2 Å². The quantitative estimate of drug-likeness (QED) is 0.429. The number of amides is 3. The van der Waals surface area contributed by atoms with Gasteiger partial charge in [-0.1, -0.05) is 19.1 Å². The normalized spacial score (nSPS) is 29.9. The summed E-state index contributed by atoms with van der Waals surface area (Å²) in [6.07, 6.45) is 4.00. The van der Waals surface area contributed by atoms with Gasteiger partial charge in [-0.2, -0.15) is 0 Å². The van der Waals surface area contributed by atoms with E-state index in [-0.39, 0.29) is 41.7 Å². The van der Waals surface area contributed by atoms with Crippen molar-refractivity contribution < 1.29 is 24.2 Å². The topological polar surface area (TPSA) is 120 Å². The first-order chi connectivity index (χ1) is 16.9. The van der Waals surface area contributed by atoms with Crippen LogP contribution < -0.4 is 15.4 Å². The maximum Gasteiger partial charge on any atom is 0.246 e. The van der Waals surface area contributed by atoms with Gasteiger partial charge in [0.2, 0.25) is 17.7 Å². The molecule has 9 nitrogen and oxygen atoms in total. The number of nitrogens with zero attached hydrogens (tertiary/aromatic N) is 2. The summed E-state index contributed by atoms with van der Waals surface area (Å²) < 4.78 is 5.18. The lowest BCUT2D eigenvalue weighted by Gasteiger charge is -2.34. The van der Waals surface area contributed by atoms with Gasteiger partial charge in [0, 0.05) is 24.6 Å². The van der Waals surface area contributed by atoms with E-state index in [1.54, 1.807) is 12.0 Å². The summed E-state index contributed by atoms with van der Waals surface area (Å²) >= 11 is 0. The molecule has 2 heterocycles. The van der Waals surface area contributed by atoms with Crippen LogP contribution in [0.5, 0.6) is 5.75 Å². The van der Waals surface area contributed by atoms with Crippen LogP contribution in [0.25, 0.3) is 0 Å². The average Bonchev–Trinajstić information content (AvgIpc) is 3.43. The first-order valence-electron chi connectivity index (χ1n) is 12.5. The van der Waals surface area contributed by atoms with Gasteiger partial charge in [0.15, 0.2) is 0 Å². The van der Waals surface area contributed by atoms with Crippen LogP contribution in [0.15, 0.2) is 29.3 Å². The van der Waals surface area contributed by atoms with Crippen molar-refractivity contribution in [3.05, 3.63) is 29.8 Å². The van der Waals surface area contributed by atoms with Crippen LogP contribution in [0.4, 0.5) is 0 Å². The molecule has 1 spiro atoms. The Morgan fingerprint density at radius 2 is 2.09 bits per heavy atom. The fourth-order valence-electron chi connectivity index (χ4n) is 5.94. The van der Waals surface area contributed by atoms with Gasteiger partial charge in [0.25, 0.3) is 0 Å². The largest absolute Gasteiger partial charge is 0.497 e. The Morgan fingerprint density at radius 1 is 1.34 bits per heavy atom. The van der Waals surface area contributed by atoms with E-state index in [2.05, 4.69) is 22.3 Å². The Balaban J connectivity index is 1.45. The van der Waals surface area contributed by atoms with E-state index in [0.717, 1.165) is 24.2 Å². The Morgan fingerprint density at radius 3 is 2.71 bits per heavy atom. The van der Waals surface area contributed by atoms with Crippen LogP contribution in [-0.2, 0) is 20.8 Å². The molecule has 1 aromatic carbocycles. The molecular formula is C26H36N4O5. The number of benzene rings is 1. The summed E-state index contributed by atoms with van der Waals surface area (Å²) in [5.74, 6) is -0.178. The zero-order chi connectivity index (χ0) is 25.2. The Labute approximate surface area is 206 Å². The van der Waals surface area contributed by atoms with Gasteiger partial charge < -0.3 is 25.4 Å². The highest BCUT2D eigenvalue weighted by Gasteiger charge is 2.68. The smallest absolute Gasteiger partial charge is 0.246 e. The van der Waals surface area contributed by atoms with Crippen molar-refractivity contribution in [1.82, 2.24) is 15.5 Å². The maximum absolute atomic E-state index is 13.8. The SMILES string of the molecule is C=N[C@@H](CC)C(=O)N[C@@H]1C(=O)N2[C@H](C(=O)NCCc3ccc(OC)cc3)CCC23C[C@@H]3C[C@@H]1CO. The minimum atomic E-state index is -0.874. The van der Waals surface area contributed by atoms with Gasteiger partial charge in [0.1, 0.15) is 23.9 Å². The lowest BCUT2D eigenvalue weighted by Crippen LogP contribution is -2.58. The molecule has 1 saturated carbocycles. The summed E-state index contributed by atoms with van der Waals surface area (Å²) in [4.78, 5) is 45.3. The van der Waals surface area contributed by atoms with Gasteiger partial charge in [0.05, 0.1) is 7.11 Å². The maximum atomic E-state index is 13.8. The molecule has 1 aromatic rings. The highest BCUT2D eigenvalue weighted by Crippen LogP contribution is 2.61. The lowest BCUT2D eigenvalue weighted by molar-refractivity contribution is -0.145. The fourth-order valence-corrected chi connectivity index (χ4v) is 5.94. The number of aliphatic hydroxyl groups excluding tert-OH is 1. The molecule has 1 aliphatic carbocycles. The van der Waals surface area contributed by atoms with Crippen LogP contribution in [0, 0.1) is 11.8 Å². The summed E-state index contributed by atoms with van der Waals surface area (Å²) in [5.41, 5.74) is 0.750. The monoisotopic (exact) mass is 484 g/mol. The van der Waals surface area contributed by atoms with Crippen molar-refractivity contribution in [3.63, 3.8) is 0 Å². The van der Waals surface area contributed by atoms with E-state index in [9.17, 15) is 19.5 Å². The van der Waals surface area contributed by atoms with Crippen LogP contribution in [-0.4, -0.2) is 78.4 Å². The number of aliphatic hydroxyl groups is 1. The van der Waals surface area contributed by atoms with Gasteiger partial charge in [-0.15, -0.1) is 0 Å². The van der Waals surface area contributed by atoms with Crippen molar-refractivity contribution in [1.29, 1.82) is 0 Å². The van der Waals surface area contributed by atoms with E-state index >= 15 is 0 Å². The number of methoxy groups -OCH3 is 1. The van der Waals surface area contributed by atoms with Gasteiger partial charge in [-0.05, 0) is 68.9 Å². The van der Waals surface area contributed by atoms with E-state index in [1.165, 1.54) is 0 Å². The Bertz CT molecular complexity index is 967. The molecule has 4 rings (SSSR count). The van der Waals surface area contributed by atoms with Crippen LogP contribution in [0.1, 0.15) is 44.6 Å². The molecule has 1 unspecified atom stereocenters. The molecule has 0 aromatic heterocycles. The van der Waals surface area contributed by atoms with E-state index < -0.39 is 18.1 Å². The first-order valence-corrected chi connectivity index (χ1v) is 12.5. The molecular weight excluding hydrogens is 448 g/mol. The lowest BCUT2D eigenvalue weighted by atomic mass is 9.93. The second-order valence-corrected chi connectivity index (χ2v) is 9.93. The third-order valence-corrected chi connectivity index (χ3v) is 8.02. The summed E-state index contributed by atoms with van der Waals surface area (Å²) in [7, 11) is 1.62. The summed E-state index contributed by atoms with van der Waals surface area (Å²) in [6.45, 7) is 5.56. The number of hydrogen-bond donors (Lipinski definition) is 3. The Kier molecular flexibility index (Phi) is 7.44. The van der Waals surface area contributed by atoms with E-state index in [0.29, 0.717) is 32.2 Å². The predicted molar refractivity (Wildman–Crippen MR) is 131 cm³/mol. The van der Waals surface area contributed by atoms with Gasteiger partial charge >= 0.3 is 0 Å². The molecule has 3 aliphatic rings. The molecule has 3 fully saturated rings. The van der Waals surface area contributed by atoms with Crippen molar-refractivity contribution >= 4 is 24.4 Å². The molecule has 190 valence electrons. The average molecular weight is 485 g/mol. The van der Waals surface area contributed by atoms with Crippen molar-refractivity contribution in [2.24, 2.45) is 16.8 Å². The molecule has 2 aliphatic heterocycles. The highest BCUT2D eigenvalue weighted by atomic mass is 16.5. The molecule has 3 amide bonds. The molecule has 3 N–H and O–H groups in total. The molecule has 0 bridgehead atoms. The first kappa shape index (κ1) is 25.2. The number of hydrogen-bond acceptors (Lipinski definition) is 6. The molecule has 35 heavy (non-hydrogen) atoms. The molecule has 2 saturated heterocycles. The Hall–Kier alpha value is -2.94. The third-order valence-electron chi connectivity index (χ3n) is 8.02. The number of ether oxygens (including phenoxy) is 1. The number of carbonyl (C=O) groups excluding carboxylic acids is 3. The number of aliphatic imine (C=N–C) groups is 1. The van der Waals surface area contributed by atoms with Crippen LogP contribution in [0.3, 0.4) is 0 Å². The zero-order valence-corrected chi connectivity index (χ0v) is 20.5. The molecule has 0 radical (unpaired) electrons. The van der Waals surface area contributed by atoms with Gasteiger partial charge in [-0.25, -0.2) is 0 Å². The number of rotatable bonds is 10. The van der Waals surface area contributed by atoms with E-state index in [4.69, 9.17) is 4.74 Å². The van der Waals surface area contributed by atoms with Crippen molar-refractivity contribution in [2.75, 3.05) is 20.3 Å². The standard InChI is InChI=1S/C26H36N4O5/c1-4-20(27-2)23(32)29-22-17(15-31)13-18-14-26(18)11-9-21(30(26)25(22)34)24(33)28-12-10-16-5-7-19(35-3)8-6-16/h5-8,17-18,20-22,31H,2,4,9-15H2,1,3H3,(H,28,33)(H,29,32)/t17-,18+,20+,21+,22+,26?/m1/s1.